The molecule has 0 saturated heterocycles. The van der Waals surface area contributed by atoms with Gasteiger partial charge in [0.25, 0.3) is 0 Å². The Morgan fingerprint density at radius 3 is 2.61 bits per heavy atom. The van der Waals surface area contributed by atoms with Crippen LogP contribution in [0.2, 0.25) is 0 Å². The van der Waals surface area contributed by atoms with Gasteiger partial charge in [0.15, 0.2) is 5.82 Å². The Labute approximate surface area is 104 Å². The molecule has 18 heavy (non-hydrogen) atoms. The van der Waals surface area contributed by atoms with Crippen LogP contribution in [0.4, 0.5) is 5.95 Å². The van der Waals surface area contributed by atoms with Crippen LogP contribution in [0.25, 0.3) is 11.4 Å². The number of aliphatic carboxylic acids is 1. The predicted octanol–water partition coefficient (Wildman–Crippen LogP) is 1.00. The van der Waals surface area contributed by atoms with E-state index in [1.165, 1.54) is 0 Å². The van der Waals surface area contributed by atoms with E-state index in [9.17, 15) is 4.79 Å². The first-order valence-corrected chi connectivity index (χ1v) is 5.47. The molecule has 1 aromatic carbocycles. The number of carboxylic acid groups (broad SMARTS) is 1. The summed E-state index contributed by atoms with van der Waals surface area (Å²) in [5.41, 5.74) is 0.947. The Kier molecular flexibility index (Phi) is 3.27. The lowest BCUT2D eigenvalue weighted by molar-refractivity contribution is -0.135. The molecule has 0 aliphatic heterocycles. The molecule has 2 rings (SSSR count). The molecule has 0 saturated carbocycles. The van der Waals surface area contributed by atoms with Gasteiger partial charge in [-0.05, 0) is 0 Å². The molecule has 1 heterocycles. The number of nitrogens with zero attached hydrogens (tertiary/aromatic N) is 4. The average Bonchev–Trinajstić information content (AvgIpc) is 2.71. The average molecular weight is 246 g/mol. The highest BCUT2D eigenvalue weighted by atomic mass is 16.4. The van der Waals surface area contributed by atoms with E-state index in [4.69, 9.17) is 5.11 Å². The maximum atomic E-state index is 10.7. The van der Waals surface area contributed by atoms with E-state index in [2.05, 4.69) is 10.2 Å². The van der Waals surface area contributed by atoms with E-state index < -0.39 is 5.97 Å². The Bertz CT molecular complexity index is 550. The van der Waals surface area contributed by atoms with Crippen molar-refractivity contribution in [3.8, 4) is 11.4 Å². The zero-order valence-corrected chi connectivity index (χ0v) is 10.2. The third-order valence-corrected chi connectivity index (χ3v) is 2.60. The smallest absolute Gasteiger partial charge is 0.323 e. The molecule has 94 valence electrons. The van der Waals surface area contributed by atoms with Crippen molar-refractivity contribution in [2.24, 2.45) is 7.05 Å². The van der Waals surface area contributed by atoms with Gasteiger partial charge in [-0.1, -0.05) is 30.3 Å². The molecule has 0 aliphatic carbocycles. The van der Waals surface area contributed by atoms with Crippen molar-refractivity contribution in [2.45, 2.75) is 0 Å². The van der Waals surface area contributed by atoms with Gasteiger partial charge in [0.05, 0.1) is 0 Å². The van der Waals surface area contributed by atoms with Crippen molar-refractivity contribution in [3.63, 3.8) is 0 Å². The monoisotopic (exact) mass is 246 g/mol. The molecule has 0 amide bonds. The summed E-state index contributed by atoms with van der Waals surface area (Å²) in [5, 5.41) is 16.9. The summed E-state index contributed by atoms with van der Waals surface area (Å²) < 4.78 is 1.78. The van der Waals surface area contributed by atoms with Crippen molar-refractivity contribution in [1.82, 2.24) is 14.8 Å². The predicted molar refractivity (Wildman–Crippen MR) is 67.3 cm³/mol. The molecule has 2 aromatic rings. The van der Waals surface area contributed by atoms with Crippen molar-refractivity contribution >= 4 is 11.9 Å². The topological polar surface area (TPSA) is 71.2 Å². The fourth-order valence-corrected chi connectivity index (χ4v) is 1.77. The number of anilines is 1. The Hall–Kier alpha value is -2.37. The fraction of sp³-hybridized carbons (Fsp3) is 0.250. The standard InChI is InChI=1S/C12H14N4O2/c1-15(8-10(17)18)12-14-13-11(16(12)2)9-6-4-3-5-7-9/h3-7H,8H2,1-2H3,(H,17,18). The van der Waals surface area contributed by atoms with Crippen LogP contribution in [-0.2, 0) is 11.8 Å². The third kappa shape index (κ3) is 2.32. The molecule has 0 fully saturated rings. The summed E-state index contributed by atoms with van der Waals surface area (Å²) >= 11 is 0. The number of aromatic nitrogens is 3. The van der Waals surface area contributed by atoms with E-state index >= 15 is 0 Å². The van der Waals surface area contributed by atoms with Gasteiger partial charge < -0.3 is 10.0 Å². The fourth-order valence-electron chi connectivity index (χ4n) is 1.77. The van der Waals surface area contributed by atoms with E-state index in [0.29, 0.717) is 11.8 Å². The number of hydrogen-bond donors (Lipinski definition) is 1. The third-order valence-electron chi connectivity index (χ3n) is 2.60. The van der Waals surface area contributed by atoms with Crippen molar-refractivity contribution in [3.05, 3.63) is 30.3 Å². The van der Waals surface area contributed by atoms with E-state index in [0.717, 1.165) is 5.56 Å². The summed E-state index contributed by atoms with van der Waals surface area (Å²) in [5.74, 6) is 0.334. The molecule has 0 spiro atoms. The number of likely N-dealkylation sites (N-methyl/N-ethyl adjacent to an activating group) is 1. The van der Waals surface area contributed by atoms with E-state index in [1.807, 2.05) is 37.4 Å². The summed E-state index contributed by atoms with van der Waals surface area (Å²) in [4.78, 5) is 12.2. The van der Waals surface area contributed by atoms with Crippen LogP contribution in [0.5, 0.6) is 0 Å². The Balaban J connectivity index is 2.32. The molecule has 6 heteroatoms. The molecule has 0 aliphatic rings. The van der Waals surface area contributed by atoms with Crippen LogP contribution in [-0.4, -0.2) is 39.4 Å². The van der Waals surface area contributed by atoms with Gasteiger partial charge in [0.2, 0.25) is 5.95 Å². The van der Waals surface area contributed by atoms with Crippen LogP contribution >= 0.6 is 0 Å². The van der Waals surface area contributed by atoms with Gasteiger partial charge in [-0.15, -0.1) is 10.2 Å². The van der Waals surface area contributed by atoms with Crippen molar-refractivity contribution in [1.29, 1.82) is 0 Å². The highest BCUT2D eigenvalue weighted by Gasteiger charge is 2.15. The molecular formula is C12H14N4O2. The van der Waals surface area contributed by atoms with E-state index in [1.54, 1.807) is 16.5 Å². The highest BCUT2D eigenvalue weighted by molar-refractivity contribution is 5.72. The molecule has 0 atom stereocenters. The number of carboxylic acids is 1. The summed E-state index contributed by atoms with van der Waals surface area (Å²) in [7, 11) is 3.49. The Morgan fingerprint density at radius 1 is 1.33 bits per heavy atom. The van der Waals surface area contributed by atoms with Crippen LogP contribution in [0, 0.1) is 0 Å². The SMILES string of the molecule is CN(CC(=O)O)c1nnc(-c2ccccc2)n1C. The van der Waals surface area contributed by atoms with Gasteiger partial charge in [-0.25, -0.2) is 0 Å². The minimum absolute atomic E-state index is 0.110. The number of hydrogen-bond acceptors (Lipinski definition) is 4. The first-order chi connectivity index (χ1) is 8.59. The molecule has 0 unspecified atom stereocenters. The summed E-state index contributed by atoms with van der Waals surface area (Å²) in [6.45, 7) is -0.110. The molecular weight excluding hydrogens is 232 g/mol. The lowest BCUT2D eigenvalue weighted by atomic mass is 10.2. The van der Waals surface area contributed by atoms with Crippen molar-refractivity contribution < 1.29 is 9.90 Å². The van der Waals surface area contributed by atoms with E-state index in [-0.39, 0.29) is 6.54 Å². The molecule has 0 bridgehead atoms. The second kappa shape index (κ2) is 4.87. The molecule has 1 N–H and O–H groups in total. The van der Waals surface area contributed by atoms with Crippen LogP contribution < -0.4 is 4.90 Å². The molecule has 0 radical (unpaired) electrons. The number of rotatable bonds is 4. The lowest BCUT2D eigenvalue weighted by Gasteiger charge is -2.14. The van der Waals surface area contributed by atoms with Gasteiger partial charge in [-0.3, -0.25) is 9.36 Å². The van der Waals surface area contributed by atoms with Crippen LogP contribution in [0.1, 0.15) is 0 Å². The second-order valence-electron chi connectivity index (χ2n) is 4.00. The van der Waals surface area contributed by atoms with Gasteiger partial charge in [0, 0.05) is 19.7 Å². The maximum absolute atomic E-state index is 10.7. The van der Waals surface area contributed by atoms with Gasteiger partial charge in [0.1, 0.15) is 6.54 Å². The second-order valence-corrected chi connectivity index (χ2v) is 4.00. The lowest BCUT2D eigenvalue weighted by Crippen LogP contribution is -2.27. The first kappa shape index (κ1) is 12.1. The first-order valence-electron chi connectivity index (χ1n) is 5.47. The van der Waals surface area contributed by atoms with Crippen LogP contribution in [0.15, 0.2) is 30.3 Å². The minimum atomic E-state index is -0.901. The number of carbonyl (C=O) groups is 1. The maximum Gasteiger partial charge on any atom is 0.323 e. The Morgan fingerprint density at radius 2 is 2.00 bits per heavy atom. The van der Waals surface area contributed by atoms with Gasteiger partial charge >= 0.3 is 5.97 Å². The normalized spacial score (nSPS) is 10.3. The highest BCUT2D eigenvalue weighted by Crippen LogP contribution is 2.19. The quantitative estimate of drug-likeness (QED) is 0.871. The molecule has 1 aromatic heterocycles. The largest absolute Gasteiger partial charge is 0.480 e. The summed E-state index contributed by atoms with van der Waals surface area (Å²) in [6, 6.07) is 9.64. The summed E-state index contributed by atoms with van der Waals surface area (Å²) in [6.07, 6.45) is 0. The number of benzene rings is 1. The minimum Gasteiger partial charge on any atom is -0.480 e. The van der Waals surface area contributed by atoms with Crippen molar-refractivity contribution in [2.75, 3.05) is 18.5 Å². The zero-order valence-electron chi connectivity index (χ0n) is 10.2. The van der Waals surface area contributed by atoms with Crippen LogP contribution in [0.3, 0.4) is 0 Å². The zero-order chi connectivity index (χ0) is 13.1. The molecule has 6 nitrogen and oxygen atoms in total. The van der Waals surface area contributed by atoms with Gasteiger partial charge in [-0.2, -0.15) is 0 Å².